The zero-order valence-electron chi connectivity index (χ0n) is 15.2. The maximum Gasteiger partial charge on any atom is 0.266 e. The summed E-state index contributed by atoms with van der Waals surface area (Å²) in [7, 11) is 1.80. The van der Waals surface area contributed by atoms with Crippen molar-refractivity contribution in [3.05, 3.63) is 77.3 Å². The summed E-state index contributed by atoms with van der Waals surface area (Å²) in [6.45, 7) is 4.08. The molecule has 0 bridgehead atoms. The lowest BCUT2D eigenvalue weighted by Gasteiger charge is -2.30. The van der Waals surface area contributed by atoms with E-state index in [1.807, 2.05) is 12.1 Å². The van der Waals surface area contributed by atoms with Gasteiger partial charge in [-0.3, -0.25) is 4.79 Å². The van der Waals surface area contributed by atoms with Crippen molar-refractivity contribution in [3.8, 4) is 5.75 Å². The fourth-order valence-electron chi connectivity index (χ4n) is 2.98. The molecule has 0 unspecified atom stereocenters. The molecule has 4 heteroatoms. The molecule has 3 aromatic carbocycles. The van der Waals surface area contributed by atoms with Gasteiger partial charge in [-0.25, -0.2) is 0 Å². The number of fused-ring (bicyclic) bond motifs is 1. The van der Waals surface area contributed by atoms with E-state index in [-0.39, 0.29) is 5.91 Å². The predicted octanol–water partition coefficient (Wildman–Crippen LogP) is 5.31. The summed E-state index contributed by atoms with van der Waals surface area (Å²) >= 11 is 5.90. The summed E-state index contributed by atoms with van der Waals surface area (Å²) in [6.07, 6.45) is 0. The van der Waals surface area contributed by atoms with E-state index in [9.17, 15) is 4.79 Å². The van der Waals surface area contributed by atoms with E-state index in [0.29, 0.717) is 17.3 Å². The molecule has 0 spiro atoms. The van der Waals surface area contributed by atoms with Crippen LogP contribution in [0.4, 0.5) is 0 Å². The van der Waals surface area contributed by atoms with Crippen LogP contribution >= 0.6 is 11.6 Å². The lowest BCUT2D eigenvalue weighted by Crippen LogP contribution is -2.47. The lowest BCUT2D eigenvalue weighted by atomic mass is 10.1. The number of rotatable bonds is 5. The van der Waals surface area contributed by atoms with Gasteiger partial charge < -0.3 is 9.64 Å². The first-order valence-electron chi connectivity index (χ1n) is 8.53. The first-order valence-corrected chi connectivity index (χ1v) is 8.91. The average Bonchev–Trinajstić information content (AvgIpc) is 2.62. The Balaban J connectivity index is 1.71. The van der Waals surface area contributed by atoms with Crippen LogP contribution in [0.15, 0.2) is 66.7 Å². The van der Waals surface area contributed by atoms with E-state index >= 15 is 0 Å². The molecule has 134 valence electrons. The Bertz CT molecular complexity index is 919. The molecule has 0 N–H and O–H groups in total. The number of carbonyl (C=O) groups is 1. The van der Waals surface area contributed by atoms with E-state index < -0.39 is 5.60 Å². The molecule has 1 amide bonds. The summed E-state index contributed by atoms with van der Waals surface area (Å²) in [5.41, 5.74) is 0.112. The molecule has 0 atom stereocenters. The van der Waals surface area contributed by atoms with Crippen molar-refractivity contribution in [2.24, 2.45) is 0 Å². The zero-order valence-corrected chi connectivity index (χ0v) is 16.0. The molecule has 0 aliphatic rings. The number of likely N-dealkylation sites (N-methyl/N-ethyl adjacent to an activating group) is 1. The third-order valence-corrected chi connectivity index (χ3v) is 4.53. The number of nitrogens with zero attached hydrogens (tertiary/aromatic N) is 1. The van der Waals surface area contributed by atoms with Crippen molar-refractivity contribution in [1.29, 1.82) is 0 Å². The molecule has 3 aromatic rings. The fraction of sp³-hybridized carbons (Fsp3) is 0.227. The first-order chi connectivity index (χ1) is 12.3. The van der Waals surface area contributed by atoms with Gasteiger partial charge in [0.15, 0.2) is 5.60 Å². The van der Waals surface area contributed by atoms with Crippen LogP contribution < -0.4 is 4.74 Å². The van der Waals surface area contributed by atoms with Gasteiger partial charge in [0.2, 0.25) is 0 Å². The molecule has 0 aromatic heterocycles. The highest BCUT2D eigenvalue weighted by atomic mass is 35.5. The predicted molar refractivity (Wildman–Crippen MR) is 107 cm³/mol. The van der Waals surface area contributed by atoms with Crippen molar-refractivity contribution in [2.75, 3.05) is 7.05 Å². The summed E-state index contributed by atoms with van der Waals surface area (Å²) in [5.74, 6) is 0.535. The van der Waals surface area contributed by atoms with Gasteiger partial charge in [0, 0.05) is 18.6 Å². The second-order valence-corrected chi connectivity index (χ2v) is 7.35. The van der Waals surface area contributed by atoms with Crippen LogP contribution in [0, 0.1) is 0 Å². The average molecular weight is 368 g/mol. The maximum absolute atomic E-state index is 12.9. The van der Waals surface area contributed by atoms with E-state index in [4.69, 9.17) is 16.3 Å². The highest BCUT2D eigenvalue weighted by Crippen LogP contribution is 2.23. The molecule has 3 nitrogen and oxygen atoms in total. The van der Waals surface area contributed by atoms with Gasteiger partial charge >= 0.3 is 0 Å². The number of hydrogen-bond donors (Lipinski definition) is 0. The van der Waals surface area contributed by atoms with Crippen LogP contribution in [0.3, 0.4) is 0 Å². The number of benzene rings is 3. The number of halogens is 1. The van der Waals surface area contributed by atoms with Gasteiger partial charge in [-0.05, 0) is 60.5 Å². The Kier molecular flexibility index (Phi) is 5.19. The summed E-state index contributed by atoms with van der Waals surface area (Å²) in [6, 6.07) is 21.5. The van der Waals surface area contributed by atoms with Crippen molar-refractivity contribution >= 4 is 28.3 Å². The largest absolute Gasteiger partial charge is 0.478 e. The molecular formula is C22H22ClNO2. The Labute approximate surface area is 159 Å². The first kappa shape index (κ1) is 18.3. The normalized spacial score (nSPS) is 11.4. The highest BCUT2D eigenvalue weighted by molar-refractivity contribution is 6.30. The van der Waals surface area contributed by atoms with Crippen molar-refractivity contribution in [2.45, 2.75) is 26.0 Å². The topological polar surface area (TPSA) is 29.5 Å². The number of hydrogen-bond acceptors (Lipinski definition) is 2. The molecule has 0 aliphatic carbocycles. The minimum atomic E-state index is -0.973. The summed E-state index contributed by atoms with van der Waals surface area (Å²) in [5, 5.41) is 2.99. The second kappa shape index (κ2) is 7.38. The van der Waals surface area contributed by atoms with Crippen molar-refractivity contribution in [3.63, 3.8) is 0 Å². The fourth-order valence-corrected chi connectivity index (χ4v) is 3.11. The minimum Gasteiger partial charge on any atom is -0.478 e. The number of ether oxygens (including phenoxy) is 1. The third kappa shape index (κ3) is 4.17. The van der Waals surface area contributed by atoms with Crippen LogP contribution in [-0.2, 0) is 11.3 Å². The van der Waals surface area contributed by atoms with Crippen LogP contribution in [-0.4, -0.2) is 23.5 Å². The quantitative estimate of drug-likeness (QED) is 0.611. The number of amides is 1. The molecule has 0 fully saturated rings. The van der Waals surface area contributed by atoms with Crippen molar-refractivity contribution in [1.82, 2.24) is 4.90 Å². The van der Waals surface area contributed by atoms with Gasteiger partial charge in [-0.15, -0.1) is 0 Å². The monoisotopic (exact) mass is 367 g/mol. The van der Waals surface area contributed by atoms with Gasteiger partial charge in [0.1, 0.15) is 5.75 Å². The van der Waals surface area contributed by atoms with Gasteiger partial charge in [0.05, 0.1) is 0 Å². The number of carbonyl (C=O) groups excluding carboxylic acids is 1. The SMILES string of the molecule is CN(Cc1ccc2ccccc2c1)C(=O)C(C)(C)Oc1ccc(Cl)cc1. The van der Waals surface area contributed by atoms with Crippen molar-refractivity contribution < 1.29 is 9.53 Å². The molecular weight excluding hydrogens is 346 g/mol. The van der Waals surface area contributed by atoms with Crippen LogP contribution in [0.2, 0.25) is 5.02 Å². The van der Waals surface area contributed by atoms with Crippen LogP contribution in [0.5, 0.6) is 5.75 Å². The Morgan fingerprint density at radius 2 is 1.65 bits per heavy atom. The Morgan fingerprint density at radius 3 is 2.35 bits per heavy atom. The smallest absolute Gasteiger partial charge is 0.266 e. The molecule has 26 heavy (non-hydrogen) atoms. The Hall–Kier alpha value is -2.52. The van der Waals surface area contributed by atoms with Crippen LogP contribution in [0.1, 0.15) is 19.4 Å². The van der Waals surface area contributed by atoms with Gasteiger partial charge in [0.25, 0.3) is 5.91 Å². The summed E-state index contributed by atoms with van der Waals surface area (Å²) < 4.78 is 5.90. The molecule has 0 heterocycles. The molecule has 0 saturated heterocycles. The maximum atomic E-state index is 12.9. The Morgan fingerprint density at radius 1 is 1.00 bits per heavy atom. The van der Waals surface area contributed by atoms with Gasteiger partial charge in [-0.1, -0.05) is 48.0 Å². The molecule has 0 radical (unpaired) electrons. The zero-order chi connectivity index (χ0) is 18.7. The standard InChI is InChI=1S/C22H22ClNO2/c1-22(2,26-20-12-10-19(23)11-13-20)21(25)24(3)15-16-8-9-17-6-4-5-7-18(17)14-16/h4-14H,15H2,1-3H3. The van der Waals surface area contributed by atoms with E-state index in [0.717, 1.165) is 5.56 Å². The van der Waals surface area contributed by atoms with Gasteiger partial charge in [-0.2, -0.15) is 0 Å². The lowest BCUT2D eigenvalue weighted by molar-refractivity contribution is -0.144. The third-order valence-electron chi connectivity index (χ3n) is 4.28. The molecule has 0 aliphatic heterocycles. The van der Waals surface area contributed by atoms with E-state index in [2.05, 4.69) is 30.3 Å². The minimum absolute atomic E-state index is 0.0828. The second-order valence-electron chi connectivity index (χ2n) is 6.91. The molecule has 0 saturated carbocycles. The van der Waals surface area contributed by atoms with E-state index in [1.54, 1.807) is 50.1 Å². The van der Waals surface area contributed by atoms with E-state index in [1.165, 1.54) is 10.8 Å². The molecule has 3 rings (SSSR count). The highest BCUT2D eigenvalue weighted by Gasteiger charge is 2.32. The summed E-state index contributed by atoms with van der Waals surface area (Å²) in [4.78, 5) is 14.6. The van der Waals surface area contributed by atoms with Crippen LogP contribution in [0.25, 0.3) is 10.8 Å².